The second-order valence-corrected chi connectivity index (χ2v) is 9.70. The highest BCUT2D eigenvalue weighted by Gasteiger charge is 2.37. The molecule has 0 amide bonds. The molecule has 2 aliphatic heterocycles. The second kappa shape index (κ2) is 8.29. The molecule has 11 heteroatoms. The Hall–Kier alpha value is -2.37. The summed E-state index contributed by atoms with van der Waals surface area (Å²) in [5.41, 5.74) is 4.74. The van der Waals surface area contributed by atoms with Gasteiger partial charge in [0, 0.05) is 30.9 Å². The standard InChI is InChI=1S/C20H22F3N3O4S/c21-20(22,23)19-17(1-2-18(24)25-19)13-9-14(26-4-7-29-8-5-26)11-16(10-13)31(27,28)15-3-6-30-12-15/h1-2,9-11,15H,3-8,12H2,(H2,24,25)/t15-/m1/s1. The number of aromatic nitrogens is 1. The Morgan fingerprint density at radius 3 is 2.45 bits per heavy atom. The molecule has 2 aromatic rings. The van der Waals surface area contributed by atoms with Crippen LogP contribution in [0, 0.1) is 0 Å². The SMILES string of the molecule is Nc1ccc(-c2cc(N3CCOCC3)cc(S(=O)(=O)[C@@H]3CCOC3)c2)c(C(F)(F)F)n1. The lowest BCUT2D eigenvalue weighted by atomic mass is 10.0. The molecule has 7 nitrogen and oxygen atoms in total. The fourth-order valence-corrected chi connectivity index (χ4v) is 5.42. The van der Waals surface area contributed by atoms with Crippen molar-refractivity contribution in [3.8, 4) is 11.1 Å². The Morgan fingerprint density at radius 2 is 1.81 bits per heavy atom. The Morgan fingerprint density at radius 1 is 1.06 bits per heavy atom. The highest BCUT2D eigenvalue weighted by atomic mass is 32.2. The van der Waals surface area contributed by atoms with Crippen LogP contribution in [-0.4, -0.2) is 58.2 Å². The minimum atomic E-state index is -4.75. The molecule has 2 aliphatic rings. The van der Waals surface area contributed by atoms with Crippen molar-refractivity contribution in [3.05, 3.63) is 36.0 Å². The Labute approximate surface area is 177 Å². The third-order valence-electron chi connectivity index (χ3n) is 5.42. The summed E-state index contributed by atoms with van der Waals surface area (Å²) >= 11 is 0. The van der Waals surface area contributed by atoms with Crippen molar-refractivity contribution in [2.75, 3.05) is 50.2 Å². The van der Waals surface area contributed by atoms with Gasteiger partial charge in [-0.15, -0.1) is 0 Å². The average Bonchev–Trinajstić information content (AvgIpc) is 3.29. The van der Waals surface area contributed by atoms with E-state index in [1.165, 1.54) is 24.3 Å². The number of nitrogens with two attached hydrogens (primary N) is 1. The molecule has 1 aromatic heterocycles. The Bertz CT molecular complexity index is 1060. The summed E-state index contributed by atoms with van der Waals surface area (Å²) in [6.07, 6.45) is -4.41. The molecule has 1 aromatic carbocycles. The minimum absolute atomic E-state index is 0.0352. The first-order valence-electron chi connectivity index (χ1n) is 9.80. The van der Waals surface area contributed by atoms with E-state index in [9.17, 15) is 21.6 Å². The van der Waals surface area contributed by atoms with Gasteiger partial charge in [0.1, 0.15) is 5.82 Å². The molecule has 0 aliphatic carbocycles. The fraction of sp³-hybridized carbons (Fsp3) is 0.450. The normalized spacial score (nSPS) is 20.2. The molecular formula is C20H22F3N3O4S. The van der Waals surface area contributed by atoms with Crippen molar-refractivity contribution in [3.63, 3.8) is 0 Å². The van der Waals surface area contributed by atoms with Gasteiger partial charge in [0.15, 0.2) is 15.5 Å². The molecule has 0 bridgehead atoms. The minimum Gasteiger partial charge on any atom is -0.384 e. The van der Waals surface area contributed by atoms with Gasteiger partial charge in [-0.05, 0) is 42.3 Å². The zero-order valence-electron chi connectivity index (χ0n) is 16.6. The molecule has 31 heavy (non-hydrogen) atoms. The van der Waals surface area contributed by atoms with Gasteiger partial charge in [-0.3, -0.25) is 0 Å². The zero-order valence-corrected chi connectivity index (χ0v) is 17.4. The number of benzene rings is 1. The molecule has 0 unspecified atom stereocenters. The van der Waals surface area contributed by atoms with Crippen LogP contribution in [0.1, 0.15) is 12.1 Å². The first kappa shape index (κ1) is 21.8. The number of nitrogen functional groups attached to an aromatic ring is 1. The van der Waals surface area contributed by atoms with Gasteiger partial charge < -0.3 is 20.1 Å². The number of pyridine rings is 1. The van der Waals surface area contributed by atoms with E-state index in [-0.39, 0.29) is 28.4 Å². The third-order valence-corrected chi connectivity index (χ3v) is 7.56. The number of nitrogens with zero attached hydrogens (tertiary/aromatic N) is 2. The lowest BCUT2D eigenvalue weighted by Gasteiger charge is -2.30. The highest BCUT2D eigenvalue weighted by molar-refractivity contribution is 7.92. The maximum atomic E-state index is 13.7. The summed E-state index contributed by atoms with van der Waals surface area (Å²) in [6.45, 7) is 2.29. The van der Waals surface area contributed by atoms with Gasteiger partial charge in [0.05, 0.1) is 30.0 Å². The predicted octanol–water partition coefficient (Wildman–Crippen LogP) is 2.75. The summed E-state index contributed by atoms with van der Waals surface area (Å²) < 4.78 is 78.0. The van der Waals surface area contributed by atoms with Crippen LogP contribution < -0.4 is 10.6 Å². The molecule has 4 rings (SSSR count). The zero-order chi connectivity index (χ0) is 22.2. The van der Waals surface area contributed by atoms with E-state index in [2.05, 4.69) is 4.98 Å². The van der Waals surface area contributed by atoms with Crippen molar-refractivity contribution in [1.29, 1.82) is 0 Å². The number of rotatable bonds is 4. The lowest BCUT2D eigenvalue weighted by molar-refractivity contribution is -0.140. The number of morpholine rings is 1. The summed E-state index contributed by atoms with van der Waals surface area (Å²) in [4.78, 5) is 5.34. The van der Waals surface area contributed by atoms with Crippen molar-refractivity contribution < 1.29 is 31.1 Å². The van der Waals surface area contributed by atoms with Crippen LogP contribution >= 0.6 is 0 Å². The van der Waals surface area contributed by atoms with E-state index in [4.69, 9.17) is 15.2 Å². The van der Waals surface area contributed by atoms with Crippen LogP contribution in [0.2, 0.25) is 0 Å². The third kappa shape index (κ3) is 4.48. The summed E-state index contributed by atoms with van der Waals surface area (Å²) in [7, 11) is -3.80. The summed E-state index contributed by atoms with van der Waals surface area (Å²) in [5.74, 6) is -0.267. The van der Waals surface area contributed by atoms with Crippen LogP contribution in [0.3, 0.4) is 0 Å². The smallest absolute Gasteiger partial charge is 0.384 e. The largest absolute Gasteiger partial charge is 0.434 e. The first-order chi connectivity index (χ1) is 14.7. The lowest BCUT2D eigenvalue weighted by Crippen LogP contribution is -2.36. The highest BCUT2D eigenvalue weighted by Crippen LogP contribution is 2.39. The van der Waals surface area contributed by atoms with Gasteiger partial charge >= 0.3 is 6.18 Å². The number of hydrogen-bond acceptors (Lipinski definition) is 7. The van der Waals surface area contributed by atoms with E-state index >= 15 is 0 Å². The molecule has 3 heterocycles. The van der Waals surface area contributed by atoms with Crippen LogP contribution in [0.4, 0.5) is 24.7 Å². The number of alkyl halides is 3. The molecule has 0 radical (unpaired) electrons. The number of ether oxygens (including phenoxy) is 2. The van der Waals surface area contributed by atoms with Gasteiger partial charge in [0.2, 0.25) is 0 Å². The topological polar surface area (TPSA) is 94.8 Å². The van der Waals surface area contributed by atoms with Crippen LogP contribution in [-0.2, 0) is 25.5 Å². The van der Waals surface area contributed by atoms with Crippen molar-refractivity contribution in [1.82, 2.24) is 4.98 Å². The second-order valence-electron chi connectivity index (χ2n) is 7.48. The first-order valence-corrected chi connectivity index (χ1v) is 11.3. The average molecular weight is 457 g/mol. The van der Waals surface area contributed by atoms with E-state index in [0.29, 0.717) is 45.0 Å². The van der Waals surface area contributed by atoms with Crippen molar-refractivity contribution in [2.45, 2.75) is 22.7 Å². The number of hydrogen-bond donors (Lipinski definition) is 1. The van der Waals surface area contributed by atoms with E-state index in [1.807, 2.05) is 4.90 Å². The predicted molar refractivity (Wildman–Crippen MR) is 109 cm³/mol. The number of anilines is 2. The number of sulfone groups is 1. The van der Waals surface area contributed by atoms with Crippen LogP contribution in [0.5, 0.6) is 0 Å². The molecule has 0 spiro atoms. The van der Waals surface area contributed by atoms with Crippen LogP contribution in [0.25, 0.3) is 11.1 Å². The van der Waals surface area contributed by atoms with Gasteiger partial charge in [0.25, 0.3) is 0 Å². The Kier molecular flexibility index (Phi) is 5.84. The van der Waals surface area contributed by atoms with Crippen LogP contribution in [0.15, 0.2) is 35.2 Å². The van der Waals surface area contributed by atoms with E-state index in [1.54, 1.807) is 6.07 Å². The molecule has 2 fully saturated rings. The maximum absolute atomic E-state index is 13.7. The molecule has 1 atom stereocenters. The van der Waals surface area contributed by atoms with E-state index in [0.717, 1.165) is 0 Å². The van der Waals surface area contributed by atoms with Crippen molar-refractivity contribution >= 4 is 21.3 Å². The molecule has 0 saturated carbocycles. The van der Waals surface area contributed by atoms with Gasteiger partial charge in [-0.25, -0.2) is 13.4 Å². The monoisotopic (exact) mass is 457 g/mol. The maximum Gasteiger partial charge on any atom is 0.434 e. The summed E-state index contributed by atoms with van der Waals surface area (Å²) in [6, 6.07) is 6.84. The molecule has 168 valence electrons. The van der Waals surface area contributed by atoms with Gasteiger partial charge in [-0.1, -0.05) is 0 Å². The quantitative estimate of drug-likeness (QED) is 0.754. The molecule has 2 N–H and O–H groups in total. The summed E-state index contributed by atoms with van der Waals surface area (Å²) in [5, 5.41) is -0.730. The van der Waals surface area contributed by atoms with Crippen molar-refractivity contribution in [2.24, 2.45) is 0 Å². The fourth-order valence-electron chi connectivity index (χ4n) is 3.78. The molecule has 2 saturated heterocycles. The molecular weight excluding hydrogens is 435 g/mol. The Balaban J connectivity index is 1.89. The van der Waals surface area contributed by atoms with E-state index < -0.39 is 27.0 Å². The number of halogens is 3. The van der Waals surface area contributed by atoms with Gasteiger partial charge in [-0.2, -0.15) is 13.2 Å².